The molecule has 0 radical (unpaired) electrons. The van der Waals surface area contributed by atoms with Crippen LogP contribution in [0.1, 0.15) is 23.7 Å². The predicted molar refractivity (Wildman–Crippen MR) is 79.8 cm³/mol. The van der Waals surface area contributed by atoms with Crippen LogP contribution in [0.4, 0.5) is 5.00 Å². The first-order valence-electron chi connectivity index (χ1n) is 6.48. The van der Waals surface area contributed by atoms with Crippen molar-refractivity contribution in [1.82, 2.24) is 5.32 Å². The van der Waals surface area contributed by atoms with Crippen molar-refractivity contribution in [2.45, 2.75) is 19.4 Å². The van der Waals surface area contributed by atoms with E-state index in [0.717, 1.165) is 34.0 Å². The van der Waals surface area contributed by atoms with Crippen LogP contribution >= 0.6 is 11.3 Å². The summed E-state index contributed by atoms with van der Waals surface area (Å²) < 4.78 is 0. The Kier molecular flexibility index (Phi) is 3.25. The van der Waals surface area contributed by atoms with Crippen molar-refractivity contribution in [3.05, 3.63) is 42.0 Å². The molecule has 1 aliphatic rings. The van der Waals surface area contributed by atoms with E-state index in [2.05, 4.69) is 22.8 Å². The van der Waals surface area contributed by atoms with Crippen molar-refractivity contribution in [2.75, 3.05) is 11.9 Å². The topological polar surface area (TPSA) is 41.1 Å². The van der Waals surface area contributed by atoms with Crippen LogP contribution in [0.5, 0.6) is 0 Å². The van der Waals surface area contributed by atoms with Gasteiger partial charge >= 0.3 is 0 Å². The molecule has 0 fully saturated rings. The molecule has 3 nitrogen and oxygen atoms in total. The Morgan fingerprint density at radius 2 is 2.05 bits per heavy atom. The molecule has 1 aromatic heterocycles. The van der Waals surface area contributed by atoms with Crippen LogP contribution in [0.3, 0.4) is 0 Å². The molecule has 2 aromatic rings. The number of hydrogen-bond donors (Lipinski definition) is 2. The van der Waals surface area contributed by atoms with Gasteiger partial charge in [-0.2, -0.15) is 0 Å². The average molecular weight is 272 g/mol. The fraction of sp³-hybridized carbons (Fsp3) is 0.267. The lowest BCUT2D eigenvalue weighted by Crippen LogP contribution is -2.35. The van der Waals surface area contributed by atoms with Gasteiger partial charge in [0.1, 0.15) is 5.00 Å². The van der Waals surface area contributed by atoms with Gasteiger partial charge in [0.15, 0.2) is 0 Å². The molecule has 4 heteroatoms. The number of thiophene rings is 1. The third kappa shape index (κ3) is 2.49. The van der Waals surface area contributed by atoms with Crippen molar-refractivity contribution in [3.8, 4) is 10.4 Å². The number of amides is 1. The lowest BCUT2D eigenvalue weighted by Gasteiger charge is -2.18. The number of hydrogen-bond acceptors (Lipinski definition) is 3. The number of benzene rings is 1. The van der Waals surface area contributed by atoms with Crippen molar-refractivity contribution in [2.24, 2.45) is 0 Å². The standard InChI is InChI=1S/C15H16N2OS/c1-10-7-8-16-15-12(14(18)17-10)9-13(19-15)11-5-3-2-4-6-11/h2-6,9-10,16H,7-8H2,1H3,(H,17,18)/t10-/m1/s1. The number of rotatable bonds is 1. The lowest BCUT2D eigenvalue weighted by atomic mass is 10.1. The zero-order valence-electron chi connectivity index (χ0n) is 10.8. The van der Waals surface area contributed by atoms with E-state index >= 15 is 0 Å². The smallest absolute Gasteiger partial charge is 0.254 e. The second-order valence-corrected chi connectivity index (χ2v) is 5.86. The summed E-state index contributed by atoms with van der Waals surface area (Å²) in [6.45, 7) is 2.93. The van der Waals surface area contributed by atoms with Crippen molar-refractivity contribution >= 4 is 22.2 Å². The predicted octanol–water partition coefficient (Wildman–Crippen LogP) is 3.35. The fourth-order valence-corrected chi connectivity index (χ4v) is 3.30. The van der Waals surface area contributed by atoms with Crippen LogP contribution < -0.4 is 10.6 Å². The molecular weight excluding hydrogens is 256 g/mol. The maximum absolute atomic E-state index is 12.2. The number of anilines is 1. The minimum absolute atomic E-state index is 0.0214. The SMILES string of the molecule is C[C@@H]1CCNc2sc(-c3ccccc3)cc2C(=O)N1. The van der Waals surface area contributed by atoms with E-state index in [9.17, 15) is 4.79 Å². The lowest BCUT2D eigenvalue weighted by molar-refractivity contribution is 0.0939. The zero-order chi connectivity index (χ0) is 13.2. The monoisotopic (exact) mass is 272 g/mol. The molecule has 0 spiro atoms. The second kappa shape index (κ2) is 5.05. The van der Waals surface area contributed by atoms with Crippen LogP contribution in [-0.4, -0.2) is 18.5 Å². The minimum Gasteiger partial charge on any atom is -0.376 e. The largest absolute Gasteiger partial charge is 0.376 e. The van der Waals surface area contributed by atoms with Gasteiger partial charge < -0.3 is 10.6 Å². The Morgan fingerprint density at radius 1 is 1.26 bits per heavy atom. The number of nitrogens with one attached hydrogen (secondary N) is 2. The molecule has 0 aliphatic carbocycles. The average Bonchev–Trinajstić information content (AvgIpc) is 2.82. The summed E-state index contributed by atoms with van der Waals surface area (Å²) in [5, 5.41) is 7.38. The Bertz CT molecular complexity index is 591. The highest BCUT2D eigenvalue weighted by Gasteiger charge is 2.20. The first-order chi connectivity index (χ1) is 9.24. The van der Waals surface area contributed by atoms with Crippen LogP contribution in [0.2, 0.25) is 0 Å². The molecule has 2 N–H and O–H groups in total. The second-order valence-electron chi connectivity index (χ2n) is 4.81. The molecule has 0 unspecified atom stereocenters. The summed E-state index contributed by atoms with van der Waals surface area (Å²) in [4.78, 5) is 13.3. The van der Waals surface area contributed by atoms with Crippen LogP contribution in [0, 0.1) is 0 Å². The highest BCUT2D eigenvalue weighted by molar-refractivity contribution is 7.19. The summed E-state index contributed by atoms with van der Waals surface area (Å²) in [7, 11) is 0. The Labute approximate surface area is 116 Å². The number of fused-ring (bicyclic) bond motifs is 1. The molecule has 1 aromatic carbocycles. The highest BCUT2D eigenvalue weighted by atomic mass is 32.1. The van der Waals surface area contributed by atoms with Gasteiger partial charge in [0, 0.05) is 17.5 Å². The summed E-state index contributed by atoms with van der Waals surface area (Å²) >= 11 is 1.64. The van der Waals surface area contributed by atoms with E-state index in [4.69, 9.17) is 0 Å². The van der Waals surface area contributed by atoms with E-state index in [-0.39, 0.29) is 11.9 Å². The molecule has 0 saturated carbocycles. The molecule has 19 heavy (non-hydrogen) atoms. The molecule has 1 aliphatic heterocycles. The van der Waals surface area contributed by atoms with Crippen molar-refractivity contribution < 1.29 is 4.79 Å². The third-order valence-electron chi connectivity index (χ3n) is 3.28. The van der Waals surface area contributed by atoms with Gasteiger partial charge in [0.2, 0.25) is 0 Å². The van der Waals surface area contributed by atoms with E-state index in [1.807, 2.05) is 31.2 Å². The zero-order valence-corrected chi connectivity index (χ0v) is 11.6. The normalized spacial score (nSPS) is 18.8. The van der Waals surface area contributed by atoms with E-state index in [0.29, 0.717) is 0 Å². The number of carbonyl (C=O) groups excluding carboxylic acids is 1. The minimum atomic E-state index is 0.0214. The van der Waals surface area contributed by atoms with Gasteiger partial charge in [-0.1, -0.05) is 30.3 Å². The summed E-state index contributed by atoms with van der Waals surface area (Å²) in [6.07, 6.45) is 0.948. The quantitative estimate of drug-likeness (QED) is 0.836. The van der Waals surface area contributed by atoms with Gasteiger partial charge in [-0.15, -0.1) is 11.3 Å². The Morgan fingerprint density at radius 3 is 2.84 bits per heavy atom. The Hall–Kier alpha value is -1.81. The molecular formula is C15H16N2OS. The third-order valence-corrected chi connectivity index (χ3v) is 4.42. The summed E-state index contributed by atoms with van der Waals surface area (Å²) in [6, 6.07) is 12.4. The first kappa shape index (κ1) is 12.2. The summed E-state index contributed by atoms with van der Waals surface area (Å²) in [5.74, 6) is 0.0214. The molecule has 2 heterocycles. The van der Waals surface area contributed by atoms with Gasteiger partial charge in [-0.3, -0.25) is 4.79 Å². The van der Waals surface area contributed by atoms with Crippen LogP contribution in [-0.2, 0) is 0 Å². The van der Waals surface area contributed by atoms with Gasteiger partial charge in [-0.25, -0.2) is 0 Å². The molecule has 1 amide bonds. The van der Waals surface area contributed by atoms with Gasteiger partial charge in [-0.05, 0) is 25.0 Å². The van der Waals surface area contributed by atoms with E-state index in [1.165, 1.54) is 0 Å². The maximum Gasteiger partial charge on any atom is 0.254 e. The molecule has 98 valence electrons. The number of carbonyl (C=O) groups is 1. The van der Waals surface area contributed by atoms with E-state index in [1.54, 1.807) is 11.3 Å². The molecule has 0 saturated heterocycles. The first-order valence-corrected chi connectivity index (χ1v) is 7.29. The molecule has 1 atom stereocenters. The Balaban J connectivity index is 1.99. The van der Waals surface area contributed by atoms with E-state index < -0.39 is 0 Å². The van der Waals surface area contributed by atoms with Crippen LogP contribution in [0.25, 0.3) is 10.4 Å². The molecule has 0 bridgehead atoms. The summed E-state index contributed by atoms with van der Waals surface area (Å²) in [5.41, 5.74) is 1.91. The van der Waals surface area contributed by atoms with Crippen molar-refractivity contribution in [1.29, 1.82) is 0 Å². The van der Waals surface area contributed by atoms with Crippen LogP contribution in [0.15, 0.2) is 36.4 Å². The van der Waals surface area contributed by atoms with Gasteiger partial charge in [0.25, 0.3) is 5.91 Å². The van der Waals surface area contributed by atoms with Gasteiger partial charge in [0.05, 0.1) is 5.56 Å². The maximum atomic E-state index is 12.2. The molecule has 3 rings (SSSR count). The fourth-order valence-electron chi connectivity index (χ4n) is 2.21. The van der Waals surface area contributed by atoms with Crippen molar-refractivity contribution in [3.63, 3.8) is 0 Å². The highest BCUT2D eigenvalue weighted by Crippen LogP contribution is 2.35.